The van der Waals surface area contributed by atoms with Crippen LogP contribution in [0.3, 0.4) is 0 Å². The van der Waals surface area contributed by atoms with Gasteiger partial charge in [-0.2, -0.15) is 0 Å². The summed E-state index contributed by atoms with van der Waals surface area (Å²) in [5, 5.41) is 0. The van der Waals surface area contributed by atoms with Crippen molar-refractivity contribution in [1.29, 1.82) is 0 Å². The van der Waals surface area contributed by atoms with Crippen molar-refractivity contribution < 1.29 is 14.3 Å². The molecule has 2 aromatic rings. The van der Waals surface area contributed by atoms with Crippen molar-refractivity contribution in [3.63, 3.8) is 0 Å². The third-order valence-electron chi connectivity index (χ3n) is 3.87. The molecule has 23 heavy (non-hydrogen) atoms. The van der Waals surface area contributed by atoms with Crippen LogP contribution in [-0.4, -0.2) is 18.5 Å². The summed E-state index contributed by atoms with van der Waals surface area (Å²) in [6.45, 7) is 6.40. The van der Waals surface area contributed by atoms with Crippen LogP contribution >= 0.6 is 0 Å². The van der Waals surface area contributed by atoms with Crippen LogP contribution in [0.15, 0.2) is 55.1 Å². The molecule has 0 aliphatic carbocycles. The van der Waals surface area contributed by atoms with Gasteiger partial charge in [0.15, 0.2) is 0 Å². The van der Waals surface area contributed by atoms with Crippen molar-refractivity contribution in [2.75, 3.05) is 11.5 Å². The smallest absolute Gasteiger partial charge is 0.338 e. The number of amides is 1. The predicted molar refractivity (Wildman–Crippen MR) is 89.1 cm³/mol. The van der Waals surface area contributed by atoms with Crippen LogP contribution in [-0.2, 0) is 16.1 Å². The Morgan fingerprint density at radius 3 is 2.52 bits per heavy atom. The van der Waals surface area contributed by atoms with Gasteiger partial charge in [-0.3, -0.25) is 4.79 Å². The maximum atomic E-state index is 12.4. The second kappa shape index (κ2) is 6.08. The van der Waals surface area contributed by atoms with Gasteiger partial charge in [0.1, 0.15) is 0 Å². The molecule has 0 fully saturated rings. The zero-order valence-electron chi connectivity index (χ0n) is 12.9. The fourth-order valence-electron chi connectivity index (χ4n) is 2.64. The topological polar surface area (TPSA) is 46.6 Å². The molecule has 3 rings (SSSR count). The predicted octanol–water partition coefficient (Wildman–Crippen LogP) is 3.42. The molecule has 1 amide bonds. The van der Waals surface area contributed by atoms with Gasteiger partial charge in [-0.1, -0.05) is 36.9 Å². The van der Waals surface area contributed by atoms with Gasteiger partial charge in [0, 0.05) is 11.3 Å². The molecule has 4 heteroatoms. The lowest BCUT2D eigenvalue weighted by molar-refractivity contribution is -0.136. The van der Waals surface area contributed by atoms with Crippen LogP contribution in [0, 0.1) is 0 Å². The van der Waals surface area contributed by atoms with Crippen LogP contribution in [0.25, 0.3) is 5.57 Å². The molecule has 2 aromatic carbocycles. The molecule has 4 nitrogen and oxygen atoms in total. The van der Waals surface area contributed by atoms with Gasteiger partial charge in [0.25, 0.3) is 5.91 Å². The highest BCUT2D eigenvalue weighted by Gasteiger charge is 2.27. The van der Waals surface area contributed by atoms with Crippen LogP contribution in [0.5, 0.6) is 0 Å². The summed E-state index contributed by atoms with van der Waals surface area (Å²) >= 11 is 0. The van der Waals surface area contributed by atoms with E-state index in [9.17, 15) is 9.59 Å². The zero-order chi connectivity index (χ0) is 16.4. The molecule has 0 radical (unpaired) electrons. The first-order valence-electron chi connectivity index (χ1n) is 7.48. The van der Waals surface area contributed by atoms with E-state index in [-0.39, 0.29) is 5.91 Å². The van der Waals surface area contributed by atoms with Gasteiger partial charge < -0.3 is 9.64 Å². The molecular weight excluding hydrogens is 290 g/mol. The molecule has 116 valence electrons. The lowest BCUT2D eigenvalue weighted by Gasteiger charge is -2.16. The van der Waals surface area contributed by atoms with E-state index >= 15 is 0 Å². The molecular formula is C19H17NO3. The molecule has 1 aliphatic heterocycles. The first-order chi connectivity index (χ1) is 11.1. The number of hydrogen-bond donors (Lipinski definition) is 0. The molecule has 0 atom stereocenters. The lowest BCUT2D eigenvalue weighted by atomic mass is 10.1. The van der Waals surface area contributed by atoms with E-state index in [0.717, 1.165) is 16.8 Å². The fourth-order valence-corrected chi connectivity index (χ4v) is 2.64. The van der Waals surface area contributed by atoms with Gasteiger partial charge in [0.05, 0.1) is 18.7 Å². The SMILES string of the molecule is C=C(C(=O)OCC)c1ccc(N2Cc3ccccc3C2=O)cc1. The fraction of sp³-hybridized carbons (Fsp3) is 0.158. The highest BCUT2D eigenvalue weighted by atomic mass is 16.5. The average molecular weight is 307 g/mol. The summed E-state index contributed by atoms with van der Waals surface area (Å²) in [6.07, 6.45) is 0. The summed E-state index contributed by atoms with van der Waals surface area (Å²) in [6, 6.07) is 14.8. The maximum Gasteiger partial charge on any atom is 0.338 e. The molecule has 0 saturated heterocycles. The van der Waals surface area contributed by atoms with Crippen molar-refractivity contribution in [3.05, 3.63) is 71.8 Å². The molecule has 1 aliphatic rings. The number of nitrogens with zero attached hydrogens (tertiary/aromatic N) is 1. The van der Waals surface area contributed by atoms with Gasteiger partial charge >= 0.3 is 5.97 Å². The number of carbonyl (C=O) groups is 2. The first-order valence-corrected chi connectivity index (χ1v) is 7.48. The number of fused-ring (bicyclic) bond motifs is 1. The van der Waals surface area contributed by atoms with Crippen LogP contribution in [0.4, 0.5) is 5.69 Å². The van der Waals surface area contributed by atoms with Crippen LogP contribution < -0.4 is 4.90 Å². The van der Waals surface area contributed by atoms with Crippen molar-refractivity contribution in [2.24, 2.45) is 0 Å². The van der Waals surface area contributed by atoms with Crippen molar-refractivity contribution in [3.8, 4) is 0 Å². The summed E-state index contributed by atoms with van der Waals surface area (Å²) in [5.41, 5.74) is 3.57. The Morgan fingerprint density at radius 2 is 1.87 bits per heavy atom. The monoisotopic (exact) mass is 307 g/mol. The van der Waals surface area contributed by atoms with E-state index in [1.54, 1.807) is 24.0 Å². The zero-order valence-corrected chi connectivity index (χ0v) is 12.9. The number of anilines is 1. The summed E-state index contributed by atoms with van der Waals surface area (Å²) in [5.74, 6) is -0.428. The van der Waals surface area contributed by atoms with Gasteiger partial charge in [-0.15, -0.1) is 0 Å². The van der Waals surface area contributed by atoms with E-state index in [1.807, 2.05) is 36.4 Å². The Balaban J connectivity index is 1.80. The maximum absolute atomic E-state index is 12.4. The molecule has 0 spiro atoms. The summed E-state index contributed by atoms with van der Waals surface area (Å²) in [4.78, 5) is 25.9. The van der Waals surface area contributed by atoms with Crippen LogP contribution in [0.2, 0.25) is 0 Å². The second-order valence-electron chi connectivity index (χ2n) is 5.29. The first kappa shape index (κ1) is 15.0. The minimum atomic E-state index is -0.426. The summed E-state index contributed by atoms with van der Waals surface area (Å²) in [7, 11) is 0. The van der Waals surface area contributed by atoms with Crippen LogP contribution in [0.1, 0.15) is 28.4 Å². The molecule has 1 heterocycles. The Bertz CT molecular complexity index is 777. The largest absolute Gasteiger partial charge is 0.462 e. The van der Waals surface area contributed by atoms with Gasteiger partial charge in [-0.25, -0.2) is 4.79 Å². The number of esters is 1. The highest BCUT2D eigenvalue weighted by Crippen LogP contribution is 2.29. The van der Waals surface area contributed by atoms with Gasteiger partial charge in [-0.05, 0) is 36.2 Å². The average Bonchev–Trinajstić information content (AvgIpc) is 2.92. The summed E-state index contributed by atoms with van der Waals surface area (Å²) < 4.78 is 4.94. The Hall–Kier alpha value is -2.88. The van der Waals surface area contributed by atoms with Crippen molar-refractivity contribution in [1.82, 2.24) is 0 Å². The third-order valence-corrected chi connectivity index (χ3v) is 3.87. The van der Waals surface area contributed by atoms with E-state index < -0.39 is 5.97 Å². The number of rotatable bonds is 4. The standard InChI is InChI=1S/C19H17NO3/c1-3-23-19(22)13(2)14-8-10-16(11-9-14)20-12-15-6-4-5-7-17(15)18(20)21/h4-11H,2-3,12H2,1H3. The van der Waals surface area contributed by atoms with Crippen molar-refractivity contribution in [2.45, 2.75) is 13.5 Å². The second-order valence-corrected chi connectivity index (χ2v) is 5.29. The number of ether oxygens (including phenoxy) is 1. The number of carbonyl (C=O) groups excluding carboxylic acids is 2. The van der Waals surface area contributed by atoms with E-state index in [2.05, 4.69) is 6.58 Å². The molecule has 0 unspecified atom stereocenters. The highest BCUT2D eigenvalue weighted by molar-refractivity contribution is 6.15. The van der Waals surface area contributed by atoms with E-state index in [4.69, 9.17) is 4.74 Å². The number of benzene rings is 2. The van der Waals surface area contributed by atoms with Crippen molar-refractivity contribution >= 4 is 23.1 Å². The minimum absolute atomic E-state index is 0.00225. The van der Waals surface area contributed by atoms with E-state index in [1.165, 1.54) is 0 Å². The Kier molecular flexibility index (Phi) is 3.98. The normalized spacial score (nSPS) is 12.9. The lowest BCUT2D eigenvalue weighted by Crippen LogP contribution is -2.22. The number of hydrogen-bond acceptors (Lipinski definition) is 3. The quantitative estimate of drug-likeness (QED) is 0.642. The minimum Gasteiger partial charge on any atom is -0.462 e. The Morgan fingerprint density at radius 1 is 1.17 bits per heavy atom. The molecule has 0 saturated carbocycles. The molecule has 0 aromatic heterocycles. The molecule has 0 N–H and O–H groups in total. The molecule has 0 bridgehead atoms. The Labute approximate surface area is 135 Å². The van der Waals surface area contributed by atoms with E-state index in [0.29, 0.717) is 24.3 Å². The third kappa shape index (κ3) is 2.75. The van der Waals surface area contributed by atoms with Gasteiger partial charge in [0.2, 0.25) is 0 Å².